The summed E-state index contributed by atoms with van der Waals surface area (Å²) in [7, 11) is 6.46. The first-order valence-electron chi connectivity index (χ1n) is 22.0. The Labute approximate surface area is 375 Å². The number of ether oxygens (including phenoxy) is 7. The van der Waals surface area contributed by atoms with Crippen molar-refractivity contribution in [1.82, 2.24) is 19.9 Å². The van der Waals surface area contributed by atoms with Crippen molar-refractivity contribution < 1.29 is 63.2 Å². The Morgan fingerprint density at radius 3 is 2.29 bits per heavy atom. The van der Waals surface area contributed by atoms with Gasteiger partial charge in [0, 0.05) is 49.5 Å². The molecule has 17 atom stereocenters. The van der Waals surface area contributed by atoms with Crippen LogP contribution in [-0.2, 0) is 49.3 Å². The molecule has 2 aromatic rings. The van der Waals surface area contributed by atoms with Gasteiger partial charge in [-0.2, -0.15) is 11.3 Å². The summed E-state index contributed by atoms with van der Waals surface area (Å²) in [6.45, 7) is 11.2. The van der Waals surface area contributed by atoms with Gasteiger partial charge in [0.05, 0.1) is 55.8 Å². The molecule has 2 fully saturated rings. The number of hydrogen-bond donors (Lipinski definition) is 4. The van der Waals surface area contributed by atoms with Crippen molar-refractivity contribution in [1.29, 1.82) is 0 Å². The number of thiophene rings is 1. The first-order chi connectivity index (χ1) is 30.0. The Balaban J connectivity index is 1.47. The van der Waals surface area contributed by atoms with Gasteiger partial charge in [-0.25, -0.2) is 0 Å². The molecule has 5 heterocycles. The molecule has 2 saturated heterocycles. The van der Waals surface area contributed by atoms with Crippen LogP contribution >= 0.6 is 11.3 Å². The average molecular weight is 907 g/mol. The number of cyclic esters (lactones) is 1. The Morgan fingerprint density at radius 2 is 1.63 bits per heavy atom. The minimum absolute atomic E-state index is 0.0208. The third-order valence-corrected chi connectivity index (χ3v) is 13.5. The van der Waals surface area contributed by atoms with E-state index >= 15 is 0 Å². The van der Waals surface area contributed by atoms with E-state index in [0.717, 1.165) is 16.8 Å². The lowest BCUT2D eigenvalue weighted by atomic mass is 9.79. The maximum atomic E-state index is 14.0. The molecule has 0 spiro atoms. The first-order valence-corrected chi connectivity index (χ1v) is 23.0. The monoisotopic (exact) mass is 906 g/mol. The third-order valence-electron chi connectivity index (χ3n) is 12.8. The van der Waals surface area contributed by atoms with E-state index in [-0.39, 0.29) is 18.8 Å². The molecule has 0 aliphatic carbocycles. The molecule has 5 rings (SSSR count). The number of ketones is 1. The minimum Gasteiger partial charge on any atom is -0.462 e. The molecule has 0 amide bonds. The number of aliphatic hydroxyl groups is 4. The SMILES string of the molecule is CC[C@H]1OC(=O)C[C@@H](O)[C@H](C)[C@@H](O[C@@H]2O[C@H](C)[C@@H](O)C(N(C)C)C2O)[C@@H](CCn2cc(-c3ccsc3)nn2)C[C@@H](C)C(=O)C=CC(C)=C[C@@H]1CO[C@@H]1OC(C)[C@@H](O)[C@H](OC)C1OC. The second kappa shape index (κ2) is 23.5. The van der Waals surface area contributed by atoms with Crippen LogP contribution in [0.1, 0.15) is 67.2 Å². The molecule has 0 aromatic carbocycles. The van der Waals surface area contributed by atoms with Crippen LogP contribution in [0.5, 0.6) is 0 Å². The largest absolute Gasteiger partial charge is 0.462 e. The predicted molar refractivity (Wildman–Crippen MR) is 233 cm³/mol. The number of likely N-dealkylation sites (N-methyl/N-ethyl adjacent to an activating group) is 1. The Morgan fingerprint density at radius 1 is 0.937 bits per heavy atom. The van der Waals surface area contributed by atoms with Gasteiger partial charge in [-0.1, -0.05) is 43.7 Å². The maximum absolute atomic E-state index is 14.0. The van der Waals surface area contributed by atoms with Crippen LogP contribution in [0.25, 0.3) is 11.3 Å². The summed E-state index contributed by atoms with van der Waals surface area (Å²) in [5.74, 6) is -2.99. The maximum Gasteiger partial charge on any atom is 0.308 e. The van der Waals surface area contributed by atoms with E-state index in [2.05, 4.69) is 10.3 Å². The molecular formula is C45H70N4O13S. The molecule has 63 heavy (non-hydrogen) atoms. The molecule has 17 nitrogen and oxygen atoms in total. The van der Waals surface area contributed by atoms with Gasteiger partial charge in [-0.05, 0) is 77.6 Å². The van der Waals surface area contributed by atoms with Crippen molar-refractivity contribution in [2.75, 3.05) is 34.9 Å². The lowest BCUT2D eigenvalue weighted by Gasteiger charge is -2.46. The van der Waals surface area contributed by atoms with Gasteiger partial charge in [0.15, 0.2) is 18.4 Å². The van der Waals surface area contributed by atoms with E-state index in [9.17, 15) is 30.0 Å². The van der Waals surface area contributed by atoms with Gasteiger partial charge in [0.2, 0.25) is 0 Å². The summed E-state index contributed by atoms with van der Waals surface area (Å²) in [5, 5.41) is 57.9. The zero-order chi connectivity index (χ0) is 46.1. The highest BCUT2D eigenvalue weighted by molar-refractivity contribution is 7.08. The zero-order valence-corrected chi connectivity index (χ0v) is 39.1. The van der Waals surface area contributed by atoms with Crippen LogP contribution in [0.3, 0.4) is 0 Å². The molecule has 0 bridgehead atoms. The van der Waals surface area contributed by atoms with Crippen molar-refractivity contribution in [2.45, 2.75) is 153 Å². The van der Waals surface area contributed by atoms with Gasteiger partial charge in [-0.3, -0.25) is 14.3 Å². The van der Waals surface area contributed by atoms with E-state index in [1.54, 1.807) is 67.9 Å². The number of aryl methyl sites for hydroxylation is 1. The molecular weight excluding hydrogens is 837 g/mol. The molecule has 4 N–H and O–H groups in total. The molecule has 4 unspecified atom stereocenters. The van der Waals surface area contributed by atoms with Crippen molar-refractivity contribution in [3.63, 3.8) is 0 Å². The van der Waals surface area contributed by atoms with Crippen molar-refractivity contribution >= 4 is 23.1 Å². The molecule has 0 radical (unpaired) electrons. The molecule has 354 valence electrons. The number of allylic oxidation sites excluding steroid dienone is 3. The number of rotatable bonds is 13. The summed E-state index contributed by atoms with van der Waals surface area (Å²) in [5.41, 5.74) is 2.40. The van der Waals surface area contributed by atoms with E-state index < -0.39 is 109 Å². The zero-order valence-electron chi connectivity index (χ0n) is 38.3. The average Bonchev–Trinajstić information content (AvgIpc) is 3.96. The third kappa shape index (κ3) is 12.9. The molecule has 2 aromatic heterocycles. The van der Waals surface area contributed by atoms with Crippen LogP contribution in [0.4, 0.5) is 0 Å². The van der Waals surface area contributed by atoms with Crippen molar-refractivity contribution in [3.05, 3.63) is 46.8 Å². The molecule has 0 saturated carbocycles. The number of aliphatic hydroxyl groups excluding tert-OH is 4. The second-order valence-electron chi connectivity index (χ2n) is 17.6. The molecule has 3 aliphatic heterocycles. The van der Waals surface area contributed by atoms with E-state index in [1.165, 1.54) is 14.2 Å². The fraction of sp³-hybridized carbons (Fsp3) is 0.733. The Hall–Kier alpha value is -2.98. The Kier molecular flexibility index (Phi) is 19.0. The summed E-state index contributed by atoms with van der Waals surface area (Å²) >= 11 is 1.56. The van der Waals surface area contributed by atoms with Crippen molar-refractivity contribution in [3.8, 4) is 11.3 Å². The Bertz CT molecular complexity index is 1790. The number of methoxy groups -OCH3 is 2. The van der Waals surface area contributed by atoms with E-state index in [0.29, 0.717) is 25.8 Å². The van der Waals surface area contributed by atoms with E-state index in [4.69, 9.17) is 33.2 Å². The number of esters is 1. The van der Waals surface area contributed by atoms with Crippen LogP contribution in [-0.4, -0.2) is 167 Å². The number of hydrogen-bond acceptors (Lipinski definition) is 17. The number of carbonyl (C=O) groups is 2. The van der Waals surface area contributed by atoms with Gasteiger partial charge >= 0.3 is 5.97 Å². The van der Waals surface area contributed by atoms with Crippen LogP contribution < -0.4 is 0 Å². The lowest BCUT2D eigenvalue weighted by Crippen LogP contribution is -2.63. The van der Waals surface area contributed by atoms with Gasteiger partial charge in [-0.15, -0.1) is 5.10 Å². The van der Waals surface area contributed by atoms with Crippen molar-refractivity contribution in [2.24, 2.45) is 23.7 Å². The molecule has 18 heteroatoms. The summed E-state index contributed by atoms with van der Waals surface area (Å²) < 4.78 is 44.2. The van der Waals surface area contributed by atoms with Gasteiger partial charge < -0.3 is 58.5 Å². The quantitative estimate of drug-likeness (QED) is 0.212. The second-order valence-corrected chi connectivity index (χ2v) is 18.4. The number of carbonyl (C=O) groups excluding carboxylic acids is 2. The summed E-state index contributed by atoms with van der Waals surface area (Å²) in [4.78, 5) is 29.6. The minimum atomic E-state index is -1.28. The topological polar surface area (TPSA) is 214 Å². The smallest absolute Gasteiger partial charge is 0.308 e. The summed E-state index contributed by atoms with van der Waals surface area (Å²) in [6, 6.07) is 1.24. The highest BCUT2D eigenvalue weighted by Crippen LogP contribution is 2.35. The van der Waals surface area contributed by atoms with Gasteiger partial charge in [0.25, 0.3) is 0 Å². The highest BCUT2D eigenvalue weighted by atomic mass is 32.1. The van der Waals surface area contributed by atoms with Gasteiger partial charge in [0.1, 0.15) is 36.2 Å². The number of aromatic nitrogens is 3. The fourth-order valence-electron chi connectivity index (χ4n) is 8.94. The van der Waals surface area contributed by atoms with E-state index in [1.807, 2.05) is 49.9 Å². The number of nitrogens with zero attached hydrogens (tertiary/aromatic N) is 4. The van der Waals surface area contributed by atoms with Crippen LogP contribution in [0.2, 0.25) is 0 Å². The lowest BCUT2D eigenvalue weighted by molar-refractivity contribution is -0.304. The normalized spacial score (nSPS) is 37.8. The molecule has 3 aliphatic rings. The summed E-state index contributed by atoms with van der Waals surface area (Å²) in [6.07, 6.45) is -3.24. The highest BCUT2D eigenvalue weighted by Gasteiger charge is 2.48. The van der Waals surface area contributed by atoms with Crippen LogP contribution in [0.15, 0.2) is 46.8 Å². The fourth-order valence-corrected chi connectivity index (χ4v) is 9.58. The first kappa shape index (κ1) is 51.0. The van der Waals surface area contributed by atoms with Crippen LogP contribution in [0, 0.1) is 23.7 Å². The standard InChI is InChI=1S/C45H70N4O13S/c1-11-35-31(22-58-45-43(57-10)42(56-9)39(54)28(6)60-45)18-24(2)12-13-33(50)25(3)19-29(14-16-49-21-32(46-47-49)30-15-17-63-23-30)41(26(4)34(51)20-36(52)61-35)62-44-40(55)37(48(7)8)38(53)27(5)59-44/h12-13,15,17-18,21,23,25-29,31,34-35,37-45,51,53-55H,11,14,16,19-20,22H2,1-10H3/t25-,26+,27-,28?,29+,31-,34-,35-,37?,38-,39-,40?,41-,42+,43?,44+,45-/m1/s1. The predicted octanol–water partition coefficient (Wildman–Crippen LogP) is 3.38.